The Labute approximate surface area is 131 Å². The zero-order valence-electron chi connectivity index (χ0n) is 12.2. The van der Waals surface area contributed by atoms with Crippen LogP contribution < -0.4 is 11.1 Å². The summed E-state index contributed by atoms with van der Waals surface area (Å²) in [5.74, 6) is -0.794. The van der Waals surface area contributed by atoms with Gasteiger partial charge in [-0.1, -0.05) is 30.0 Å². The van der Waals surface area contributed by atoms with Crippen molar-refractivity contribution in [1.29, 1.82) is 0 Å². The third kappa shape index (κ3) is 3.82. The fourth-order valence-electron chi connectivity index (χ4n) is 1.92. The van der Waals surface area contributed by atoms with Gasteiger partial charge in [-0.3, -0.25) is 9.59 Å². The van der Waals surface area contributed by atoms with Crippen molar-refractivity contribution in [3.63, 3.8) is 0 Å². The summed E-state index contributed by atoms with van der Waals surface area (Å²) in [6, 6.07) is 5.90. The second-order valence-electron chi connectivity index (χ2n) is 4.65. The molecule has 0 saturated carbocycles. The number of hydrogen-bond acceptors (Lipinski definition) is 6. The van der Waals surface area contributed by atoms with E-state index in [1.54, 1.807) is 4.68 Å². The normalized spacial score (nSPS) is 10.5. The molecular weight excluding hydrogens is 304 g/mol. The van der Waals surface area contributed by atoms with Gasteiger partial charge >= 0.3 is 0 Å². The molecule has 2 aromatic rings. The Bertz CT molecular complexity index is 679. The van der Waals surface area contributed by atoms with Gasteiger partial charge in [-0.25, -0.2) is 0 Å². The van der Waals surface area contributed by atoms with Gasteiger partial charge in [0.05, 0.1) is 18.0 Å². The summed E-state index contributed by atoms with van der Waals surface area (Å²) >= 11 is 1.19. The van der Waals surface area contributed by atoms with E-state index in [2.05, 4.69) is 20.8 Å². The number of hydrogen-bond donors (Lipinski definition) is 2. The molecule has 0 bridgehead atoms. The number of para-hydroxylation sites is 1. The van der Waals surface area contributed by atoms with Crippen LogP contribution in [0.3, 0.4) is 0 Å². The number of primary amides is 1. The van der Waals surface area contributed by atoms with Crippen molar-refractivity contribution in [2.45, 2.75) is 19.0 Å². The number of carbonyl (C=O) groups excluding carboxylic acids is 2. The van der Waals surface area contributed by atoms with E-state index in [1.165, 1.54) is 11.8 Å². The van der Waals surface area contributed by atoms with Gasteiger partial charge in [0, 0.05) is 0 Å². The topological polar surface area (TPSA) is 116 Å². The zero-order chi connectivity index (χ0) is 16.1. The first-order valence-corrected chi connectivity index (χ1v) is 7.50. The number of rotatable bonds is 6. The highest BCUT2D eigenvalue weighted by atomic mass is 32.2. The molecule has 0 saturated heterocycles. The number of benzene rings is 1. The van der Waals surface area contributed by atoms with Crippen molar-refractivity contribution in [2.75, 3.05) is 12.3 Å². The largest absolute Gasteiger partial charge is 0.368 e. The van der Waals surface area contributed by atoms with Crippen molar-refractivity contribution in [1.82, 2.24) is 25.5 Å². The minimum Gasteiger partial charge on any atom is -0.368 e. The highest BCUT2D eigenvalue weighted by Crippen LogP contribution is 2.23. The molecule has 0 atom stereocenters. The summed E-state index contributed by atoms with van der Waals surface area (Å²) < 4.78 is 1.61. The highest BCUT2D eigenvalue weighted by molar-refractivity contribution is 7.99. The number of aryl methyl sites for hydroxylation is 2. The predicted molar refractivity (Wildman–Crippen MR) is 81.6 cm³/mol. The number of tetrazole rings is 1. The van der Waals surface area contributed by atoms with Crippen LogP contribution >= 0.6 is 11.8 Å². The quantitative estimate of drug-likeness (QED) is 0.722. The Balaban J connectivity index is 2.10. The second-order valence-corrected chi connectivity index (χ2v) is 5.59. The van der Waals surface area contributed by atoms with Gasteiger partial charge in [0.2, 0.25) is 17.0 Å². The lowest BCUT2D eigenvalue weighted by Crippen LogP contribution is -2.34. The van der Waals surface area contributed by atoms with E-state index in [1.807, 2.05) is 32.0 Å². The maximum absolute atomic E-state index is 11.6. The molecule has 0 unspecified atom stereocenters. The van der Waals surface area contributed by atoms with Crippen LogP contribution in [0.2, 0.25) is 0 Å². The third-order valence-corrected chi connectivity index (χ3v) is 3.80. The summed E-state index contributed by atoms with van der Waals surface area (Å²) in [5, 5.41) is 14.5. The fourth-order valence-corrected chi connectivity index (χ4v) is 2.62. The van der Waals surface area contributed by atoms with Gasteiger partial charge in [-0.05, 0) is 35.4 Å². The average Bonchev–Trinajstić information content (AvgIpc) is 2.91. The van der Waals surface area contributed by atoms with Crippen LogP contribution in [0.5, 0.6) is 0 Å². The first-order chi connectivity index (χ1) is 10.5. The molecule has 0 radical (unpaired) electrons. The van der Waals surface area contributed by atoms with Gasteiger partial charge < -0.3 is 11.1 Å². The summed E-state index contributed by atoms with van der Waals surface area (Å²) in [6.07, 6.45) is 0. The minimum absolute atomic E-state index is 0.0958. The van der Waals surface area contributed by atoms with Crippen LogP contribution in [-0.4, -0.2) is 44.3 Å². The van der Waals surface area contributed by atoms with Crippen molar-refractivity contribution < 1.29 is 9.59 Å². The zero-order valence-corrected chi connectivity index (χ0v) is 13.1. The number of aromatic nitrogens is 4. The molecular formula is C13H16N6O2S. The Kier molecular flexibility index (Phi) is 5.10. The fraction of sp³-hybridized carbons (Fsp3) is 0.308. The lowest BCUT2D eigenvalue weighted by Gasteiger charge is -2.10. The molecule has 3 N–H and O–H groups in total. The Morgan fingerprint density at radius 1 is 1.32 bits per heavy atom. The van der Waals surface area contributed by atoms with Gasteiger partial charge in [0.25, 0.3) is 0 Å². The summed E-state index contributed by atoms with van der Waals surface area (Å²) in [4.78, 5) is 22.2. The van der Waals surface area contributed by atoms with E-state index in [4.69, 9.17) is 5.73 Å². The van der Waals surface area contributed by atoms with Crippen LogP contribution in [0.15, 0.2) is 23.4 Å². The minimum atomic E-state index is -0.585. The number of amides is 2. The summed E-state index contributed by atoms with van der Waals surface area (Å²) in [5.41, 5.74) is 7.93. The summed E-state index contributed by atoms with van der Waals surface area (Å²) in [7, 11) is 0. The van der Waals surface area contributed by atoms with E-state index in [-0.39, 0.29) is 18.2 Å². The first kappa shape index (κ1) is 16.0. The molecule has 0 aliphatic carbocycles. The highest BCUT2D eigenvalue weighted by Gasteiger charge is 2.14. The predicted octanol–water partition coefficient (Wildman–Crippen LogP) is -0.0273. The van der Waals surface area contributed by atoms with Crippen LogP contribution in [-0.2, 0) is 9.59 Å². The van der Waals surface area contributed by atoms with E-state index in [9.17, 15) is 9.59 Å². The van der Waals surface area contributed by atoms with Crippen molar-refractivity contribution in [3.05, 3.63) is 29.3 Å². The number of nitrogens with one attached hydrogen (secondary N) is 1. The molecule has 1 aromatic carbocycles. The molecule has 1 aromatic heterocycles. The van der Waals surface area contributed by atoms with Crippen molar-refractivity contribution in [2.24, 2.45) is 5.73 Å². The number of thioether (sulfide) groups is 1. The second kappa shape index (κ2) is 7.03. The van der Waals surface area contributed by atoms with Crippen LogP contribution in [0.1, 0.15) is 11.1 Å². The molecule has 1 heterocycles. The molecule has 8 nitrogen and oxygen atoms in total. The van der Waals surface area contributed by atoms with Gasteiger partial charge in [-0.15, -0.1) is 5.10 Å². The van der Waals surface area contributed by atoms with Crippen molar-refractivity contribution >= 4 is 23.6 Å². The molecule has 0 spiro atoms. The van der Waals surface area contributed by atoms with Crippen LogP contribution in [0.4, 0.5) is 0 Å². The SMILES string of the molecule is Cc1cccc(C)c1-n1nnnc1SCC(=O)NCC(N)=O. The molecule has 22 heavy (non-hydrogen) atoms. The maximum atomic E-state index is 11.6. The molecule has 2 amide bonds. The molecule has 116 valence electrons. The molecule has 9 heteroatoms. The maximum Gasteiger partial charge on any atom is 0.236 e. The van der Waals surface area contributed by atoms with E-state index < -0.39 is 5.91 Å². The smallest absolute Gasteiger partial charge is 0.236 e. The van der Waals surface area contributed by atoms with Crippen LogP contribution in [0, 0.1) is 13.8 Å². The number of nitrogens with two attached hydrogens (primary N) is 1. The molecule has 0 aliphatic rings. The lowest BCUT2D eigenvalue weighted by molar-refractivity contribution is -0.123. The lowest BCUT2D eigenvalue weighted by atomic mass is 10.1. The van der Waals surface area contributed by atoms with Gasteiger partial charge in [-0.2, -0.15) is 4.68 Å². The molecule has 0 aliphatic heterocycles. The Morgan fingerprint density at radius 3 is 2.64 bits per heavy atom. The monoisotopic (exact) mass is 320 g/mol. The van der Waals surface area contributed by atoms with Crippen molar-refractivity contribution in [3.8, 4) is 5.69 Å². The number of nitrogens with zero attached hydrogens (tertiary/aromatic N) is 4. The third-order valence-electron chi connectivity index (χ3n) is 2.88. The Hall–Kier alpha value is -2.42. The average molecular weight is 320 g/mol. The van der Waals surface area contributed by atoms with Gasteiger partial charge in [0.15, 0.2) is 0 Å². The number of carbonyl (C=O) groups is 2. The van der Waals surface area contributed by atoms with E-state index in [0.717, 1.165) is 16.8 Å². The van der Waals surface area contributed by atoms with Crippen LogP contribution in [0.25, 0.3) is 5.69 Å². The molecule has 0 fully saturated rings. The Morgan fingerprint density at radius 2 is 2.00 bits per heavy atom. The standard InChI is InChI=1S/C13H16N6O2S/c1-8-4-3-5-9(2)12(8)19-13(16-17-18-19)22-7-11(21)15-6-10(14)20/h3-5H,6-7H2,1-2H3,(H2,14,20)(H,15,21). The van der Waals surface area contributed by atoms with Gasteiger partial charge in [0.1, 0.15) is 0 Å². The molecule has 2 rings (SSSR count). The first-order valence-electron chi connectivity index (χ1n) is 6.52. The van der Waals surface area contributed by atoms with E-state index >= 15 is 0 Å². The van der Waals surface area contributed by atoms with E-state index in [0.29, 0.717) is 5.16 Å². The summed E-state index contributed by atoms with van der Waals surface area (Å²) in [6.45, 7) is 3.76.